The van der Waals surface area contributed by atoms with E-state index in [-0.39, 0.29) is 29.0 Å². The van der Waals surface area contributed by atoms with Crippen molar-refractivity contribution >= 4 is 38.1 Å². The molecule has 0 bridgehead atoms. The Kier molecular flexibility index (Phi) is 5.67. The van der Waals surface area contributed by atoms with Crippen molar-refractivity contribution in [2.75, 3.05) is 11.9 Å². The van der Waals surface area contributed by atoms with Crippen LogP contribution in [0, 0.1) is 5.92 Å². The number of carbonyl (C=O) groups excluding carboxylic acids is 2. The normalized spacial score (nSPS) is 16.4. The average Bonchev–Trinajstić information content (AvgIpc) is 3.48. The number of rotatable bonds is 6. The van der Waals surface area contributed by atoms with E-state index >= 15 is 0 Å². The van der Waals surface area contributed by atoms with Crippen LogP contribution in [0.3, 0.4) is 0 Å². The lowest BCUT2D eigenvalue weighted by atomic mass is 10.1. The van der Waals surface area contributed by atoms with E-state index in [0.29, 0.717) is 24.6 Å². The zero-order valence-corrected chi connectivity index (χ0v) is 18.7. The van der Waals surface area contributed by atoms with Gasteiger partial charge in [-0.2, -0.15) is 0 Å². The highest BCUT2D eigenvalue weighted by Crippen LogP contribution is 2.33. The van der Waals surface area contributed by atoms with Crippen molar-refractivity contribution < 1.29 is 18.0 Å². The number of benzene rings is 1. The smallest absolute Gasteiger partial charge is 0.229 e. The molecule has 0 unspecified atom stereocenters. The minimum Gasteiger partial charge on any atom is -0.337 e. The van der Waals surface area contributed by atoms with Gasteiger partial charge in [0.05, 0.1) is 28.8 Å². The minimum absolute atomic E-state index is 0.00270. The first-order valence-electron chi connectivity index (χ1n) is 10.1. The number of fused-ring (bicyclic) bond motifs is 1. The largest absolute Gasteiger partial charge is 0.337 e. The fourth-order valence-corrected chi connectivity index (χ4v) is 5.46. The van der Waals surface area contributed by atoms with Gasteiger partial charge < -0.3 is 10.2 Å². The molecule has 1 N–H and O–H groups in total. The van der Waals surface area contributed by atoms with Gasteiger partial charge in [0.2, 0.25) is 11.8 Å². The third kappa shape index (κ3) is 4.41. The molecule has 0 saturated heterocycles. The maximum absolute atomic E-state index is 12.8. The first-order chi connectivity index (χ1) is 14.2. The fourth-order valence-electron chi connectivity index (χ4n) is 3.37. The number of hydrogen-bond donors (Lipinski definition) is 1. The van der Waals surface area contributed by atoms with Crippen LogP contribution in [0.25, 0.3) is 0 Å². The number of nitrogens with one attached hydrogen (secondary N) is 1. The van der Waals surface area contributed by atoms with Gasteiger partial charge in [-0.25, -0.2) is 13.4 Å². The van der Waals surface area contributed by atoms with Gasteiger partial charge in [-0.1, -0.05) is 23.5 Å². The van der Waals surface area contributed by atoms with Gasteiger partial charge >= 0.3 is 0 Å². The molecule has 0 spiro atoms. The molecule has 2 amide bonds. The van der Waals surface area contributed by atoms with E-state index in [1.165, 1.54) is 11.3 Å². The molecule has 1 fully saturated rings. The summed E-state index contributed by atoms with van der Waals surface area (Å²) in [6.07, 6.45) is 2.79. The van der Waals surface area contributed by atoms with Crippen molar-refractivity contribution in [2.45, 2.75) is 56.2 Å². The molecule has 2 heterocycles. The van der Waals surface area contributed by atoms with Gasteiger partial charge in [-0.15, -0.1) is 0 Å². The number of sulfone groups is 1. The van der Waals surface area contributed by atoms with Gasteiger partial charge in [-0.05, 0) is 44.4 Å². The summed E-state index contributed by atoms with van der Waals surface area (Å²) >= 11 is 1.44. The van der Waals surface area contributed by atoms with Gasteiger partial charge in [0, 0.05) is 23.8 Å². The molecular weight excluding hydrogens is 422 g/mol. The number of anilines is 1. The topological polar surface area (TPSA) is 96.4 Å². The molecule has 1 saturated carbocycles. The highest BCUT2D eigenvalue weighted by molar-refractivity contribution is 7.92. The first-order valence-corrected chi connectivity index (χ1v) is 12.5. The summed E-state index contributed by atoms with van der Waals surface area (Å²) in [7, 11) is -3.31. The maximum Gasteiger partial charge on any atom is 0.229 e. The van der Waals surface area contributed by atoms with Crippen molar-refractivity contribution in [3.05, 3.63) is 40.4 Å². The van der Waals surface area contributed by atoms with Gasteiger partial charge in [0.25, 0.3) is 0 Å². The number of thiazole rings is 1. The summed E-state index contributed by atoms with van der Waals surface area (Å²) in [4.78, 5) is 32.3. The Labute approximate surface area is 180 Å². The number of aromatic nitrogens is 1. The third-order valence-corrected chi connectivity index (χ3v) is 8.66. The van der Waals surface area contributed by atoms with Crippen LogP contribution >= 0.6 is 11.3 Å². The molecule has 160 valence electrons. The van der Waals surface area contributed by atoms with E-state index < -0.39 is 15.1 Å². The number of nitrogens with zero attached hydrogens (tertiary/aromatic N) is 2. The predicted octanol–water partition coefficient (Wildman–Crippen LogP) is 2.80. The van der Waals surface area contributed by atoms with E-state index in [1.807, 2.05) is 0 Å². The Hall–Kier alpha value is -2.26. The van der Waals surface area contributed by atoms with Crippen LogP contribution in [0.15, 0.2) is 29.2 Å². The molecule has 0 atom stereocenters. The first kappa shape index (κ1) is 21.0. The zero-order chi connectivity index (χ0) is 21.5. The predicted molar refractivity (Wildman–Crippen MR) is 115 cm³/mol. The Morgan fingerprint density at radius 1 is 1.23 bits per heavy atom. The van der Waals surface area contributed by atoms with Crippen LogP contribution in [0.4, 0.5) is 5.13 Å². The van der Waals surface area contributed by atoms with Crippen molar-refractivity contribution in [3.8, 4) is 0 Å². The van der Waals surface area contributed by atoms with Crippen molar-refractivity contribution in [1.82, 2.24) is 9.88 Å². The van der Waals surface area contributed by atoms with Crippen LogP contribution in [-0.2, 0) is 38.8 Å². The number of amides is 2. The SMILES string of the molecule is CC(C)S(=O)(=O)c1ccc(CC(=O)N2CCc3nc(NC(=O)C4CC4)sc3C2)cc1. The summed E-state index contributed by atoms with van der Waals surface area (Å²) in [5.74, 6) is 0.167. The van der Waals surface area contributed by atoms with E-state index in [0.717, 1.165) is 29.0 Å². The lowest BCUT2D eigenvalue weighted by molar-refractivity contribution is -0.131. The summed E-state index contributed by atoms with van der Waals surface area (Å²) in [5, 5.41) is 3.02. The monoisotopic (exact) mass is 447 g/mol. The molecular formula is C21H25N3O4S2. The van der Waals surface area contributed by atoms with Crippen molar-refractivity contribution in [1.29, 1.82) is 0 Å². The van der Waals surface area contributed by atoms with E-state index in [9.17, 15) is 18.0 Å². The van der Waals surface area contributed by atoms with E-state index in [1.54, 1.807) is 43.0 Å². The van der Waals surface area contributed by atoms with E-state index in [2.05, 4.69) is 10.3 Å². The second-order valence-corrected chi connectivity index (χ2v) is 11.7. The molecule has 1 aliphatic carbocycles. The van der Waals surface area contributed by atoms with E-state index in [4.69, 9.17) is 0 Å². The molecule has 2 aliphatic rings. The minimum atomic E-state index is -3.31. The van der Waals surface area contributed by atoms with Crippen molar-refractivity contribution in [2.24, 2.45) is 5.92 Å². The van der Waals surface area contributed by atoms with Crippen LogP contribution < -0.4 is 5.32 Å². The summed E-state index contributed by atoms with van der Waals surface area (Å²) < 4.78 is 24.5. The number of hydrogen-bond acceptors (Lipinski definition) is 6. The average molecular weight is 448 g/mol. The Balaban J connectivity index is 1.38. The molecule has 1 aromatic carbocycles. The van der Waals surface area contributed by atoms with Gasteiger partial charge in [0.1, 0.15) is 0 Å². The molecule has 0 radical (unpaired) electrons. The second-order valence-electron chi connectivity index (χ2n) is 8.13. The standard InChI is InChI=1S/C21H25N3O4S2/c1-13(2)30(27,28)16-7-3-14(4-8-16)11-19(25)24-10-9-17-18(12-24)29-21(22-17)23-20(26)15-5-6-15/h3-4,7-8,13,15H,5-6,9-12H2,1-2H3,(H,22,23,26). The lowest BCUT2D eigenvalue weighted by Crippen LogP contribution is -2.36. The summed E-state index contributed by atoms with van der Waals surface area (Å²) in [5.41, 5.74) is 1.74. The molecule has 2 aromatic rings. The van der Waals surface area contributed by atoms with Crippen LogP contribution in [0.5, 0.6) is 0 Å². The second kappa shape index (κ2) is 8.11. The molecule has 1 aliphatic heterocycles. The van der Waals surface area contributed by atoms with Crippen LogP contribution in [0.1, 0.15) is 42.8 Å². The summed E-state index contributed by atoms with van der Waals surface area (Å²) in [6.45, 7) is 4.38. The highest BCUT2D eigenvalue weighted by Gasteiger charge is 2.31. The maximum atomic E-state index is 12.8. The third-order valence-electron chi connectivity index (χ3n) is 5.49. The molecule has 4 rings (SSSR count). The quantitative estimate of drug-likeness (QED) is 0.735. The summed E-state index contributed by atoms with van der Waals surface area (Å²) in [6, 6.07) is 6.57. The van der Waals surface area contributed by atoms with Gasteiger partial charge in [-0.3, -0.25) is 9.59 Å². The molecule has 7 nitrogen and oxygen atoms in total. The van der Waals surface area contributed by atoms with Crippen molar-refractivity contribution in [3.63, 3.8) is 0 Å². The Morgan fingerprint density at radius 3 is 2.57 bits per heavy atom. The van der Waals surface area contributed by atoms with Crippen LogP contribution in [-0.4, -0.2) is 41.9 Å². The van der Waals surface area contributed by atoms with Gasteiger partial charge in [0.15, 0.2) is 15.0 Å². The highest BCUT2D eigenvalue weighted by atomic mass is 32.2. The number of carbonyl (C=O) groups is 2. The van der Waals surface area contributed by atoms with Crippen LogP contribution in [0.2, 0.25) is 0 Å². The molecule has 9 heteroatoms. The molecule has 1 aromatic heterocycles. The Bertz CT molecular complexity index is 1070. The Morgan fingerprint density at radius 2 is 1.93 bits per heavy atom. The zero-order valence-electron chi connectivity index (χ0n) is 17.1. The lowest BCUT2D eigenvalue weighted by Gasteiger charge is -2.26. The fraction of sp³-hybridized carbons (Fsp3) is 0.476. The molecule has 30 heavy (non-hydrogen) atoms.